The third kappa shape index (κ3) is 32.4. The van der Waals surface area contributed by atoms with Crippen LogP contribution in [0.5, 0.6) is 0 Å². The standard InChI is InChI=1S/C64H113N9O29/c1-36(77)68-51-57(88)54(85)44(33-74)100-62(51)97-28-25-94-22-19-65-47(81)17-15-40(60(91)66-20-23-95-26-29-98-63-52(69-37(2)78)58(89)55(86)45(34-75)101-63)72-50(84)18-16-41(61(92)67-21-24-96-27-30-99-64-53(70-38(3)79)59(90)56(87)46(35-76)102-64)71-48(82)13-11-9-7-5-6-8-10-12-14-49(83)73-42-31-39(80)32-43(42)93-4/h39-46,51-59,62-64,74-76,80,85-90H,5-35H2,1-4H3,(H,65,81)(H,66,91)(H,67,92)(H,68,77)(H,69,78)(H,70,79)(H,71,82)(H,72,84)(H,73,83)/t39?,40?,41?,42?,43?,44-,45?,46?,51?,52?,53?,54?,55?,56?,57?,58?,59?,62?,63?,64?/m1/s1. The third-order valence-electron chi connectivity index (χ3n) is 17.3. The predicted molar refractivity (Wildman–Crippen MR) is 352 cm³/mol. The van der Waals surface area contributed by atoms with E-state index in [4.69, 9.17) is 47.4 Å². The van der Waals surface area contributed by atoms with E-state index in [1.54, 1.807) is 7.11 Å². The highest BCUT2D eigenvalue weighted by Gasteiger charge is 2.48. The Morgan fingerprint density at radius 3 is 1.11 bits per heavy atom. The van der Waals surface area contributed by atoms with Crippen LogP contribution in [0.1, 0.15) is 124 Å². The third-order valence-corrected chi connectivity index (χ3v) is 17.3. The Labute approximate surface area is 592 Å². The molecule has 3 aliphatic heterocycles. The van der Waals surface area contributed by atoms with Crippen molar-refractivity contribution in [2.75, 3.05) is 106 Å². The number of hydrogen-bond acceptors (Lipinski definition) is 29. The van der Waals surface area contributed by atoms with Crippen molar-refractivity contribution < 1.29 is 142 Å². The van der Waals surface area contributed by atoms with Gasteiger partial charge in [0.15, 0.2) is 18.9 Å². The van der Waals surface area contributed by atoms with Crippen molar-refractivity contribution in [1.82, 2.24) is 47.9 Å². The lowest BCUT2D eigenvalue weighted by atomic mass is 9.97. The number of unbranched alkanes of at least 4 members (excludes halogenated alkanes) is 7. The molecule has 0 aromatic rings. The number of carbonyl (C=O) groups is 9. The van der Waals surface area contributed by atoms with Gasteiger partial charge in [0.1, 0.15) is 85.1 Å². The summed E-state index contributed by atoms with van der Waals surface area (Å²) < 4.78 is 55.8. The summed E-state index contributed by atoms with van der Waals surface area (Å²) in [4.78, 5) is 116. The van der Waals surface area contributed by atoms with E-state index >= 15 is 0 Å². The summed E-state index contributed by atoms with van der Waals surface area (Å²) in [5.74, 6) is -4.87. The zero-order valence-corrected chi connectivity index (χ0v) is 58.7. The van der Waals surface area contributed by atoms with Gasteiger partial charge in [0.25, 0.3) is 0 Å². The Hall–Kier alpha value is -5.57. The Bertz CT molecular complexity index is 2500. The van der Waals surface area contributed by atoms with Gasteiger partial charge in [0.2, 0.25) is 53.2 Å². The van der Waals surface area contributed by atoms with Crippen LogP contribution in [0.2, 0.25) is 0 Å². The first kappa shape index (κ1) is 88.8. The molecular formula is C64H113N9O29. The smallest absolute Gasteiger partial charge is 0.242 e. The highest BCUT2D eigenvalue weighted by Crippen LogP contribution is 2.26. The SMILES string of the molecule is COC1CC(O)CC1NC(=O)CCCCCCCCCCC(=O)NC(CCC(=O)NC(CCC(=O)NCCOCCOC1O[C@H](CO)C(O)C(O)C1NC(C)=O)C(=O)NCCOCCOC1OC(CO)C(O)C(O)C1NC(C)=O)C(=O)NCCOCCOC1OC(CO)C(O)C(O)C1NC(C)=O. The summed E-state index contributed by atoms with van der Waals surface area (Å²) in [5, 5.41) is 125. The average molecular weight is 1470 g/mol. The molecule has 20 atom stereocenters. The molecule has 3 heterocycles. The van der Waals surface area contributed by atoms with Crippen LogP contribution >= 0.6 is 0 Å². The van der Waals surface area contributed by atoms with Crippen LogP contribution < -0.4 is 47.9 Å². The number of aliphatic hydroxyl groups is 10. The first-order chi connectivity index (χ1) is 48.8. The maximum Gasteiger partial charge on any atom is 0.242 e. The van der Waals surface area contributed by atoms with Gasteiger partial charge >= 0.3 is 0 Å². The molecule has 19 unspecified atom stereocenters. The van der Waals surface area contributed by atoms with Gasteiger partial charge in [-0.3, -0.25) is 43.2 Å². The van der Waals surface area contributed by atoms with Crippen molar-refractivity contribution in [2.45, 2.75) is 246 Å². The van der Waals surface area contributed by atoms with E-state index < -0.39 is 184 Å². The van der Waals surface area contributed by atoms with E-state index in [0.29, 0.717) is 38.5 Å². The number of ether oxygens (including phenoxy) is 10. The molecule has 4 aliphatic rings. The van der Waals surface area contributed by atoms with Gasteiger partial charge < -0.3 is 146 Å². The molecule has 38 nitrogen and oxygen atoms in total. The zero-order chi connectivity index (χ0) is 75.1. The maximum absolute atomic E-state index is 13.8. The van der Waals surface area contributed by atoms with E-state index in [-0.39, 0.29) is 123 Å². The van der Waals surface area contributed by atoms with Gasteiger partial charge in [-0.2, -0.15) is 0 Å². The molecule has 0 bridgehead atoms. The van der Waals surface area contributed by atoms with Crippen molar-refractivity contribution in [3.63, 3.8) is 0 Å². The van der Waals surface area contributed by atoms with Crippen LogP contribution in [0.3, 0.4) is 0 Å². The van der Waals surface area contributed by atoms with Crippen LogP contribution in [0.25, 0.3) is 0 Å². The topological polar surface area (TPSA) is 556 Å². The molecular weight excluding hydrogens is 1360 g/mol. The molecule has 102 heavy (non-hydrogen) atoms. The number of rotatable bonds is 50. The molecule has 1 aliphatic carbocycles. The fourth-order valence-electron chi connectivity index (χ4n) is 11.8. The number of methoxy groups -OCH3 is 1. The Morgan fingerprint density at radius 2 is 0.745 bits per heavy atom. The number of amides is 9. The molecule has 0 spiro atoms. The minimum absolute atomic E-state index is 0.0204. The van der Waals surface area contributed by atoms with Crippen LogP contribution in [-0.2, 0) is 90.5 Å². The van der Waals surface area contributed by atoms with Crippen LogP contribution in [0, 0.1) is 0 Å². The molecule has 9 amide bonds. The van der Waals surface area contributed by atoms with Gasteiger partial charge in [-0.15, -0.1) is 0 Å². The summed E-state index contributed by atoms with van der Waals surface area (Å²) in [6.45, 7) is 0.452. The monoisotopic (exact) mass is 1470 g/mol. The molecule has 0 radical (unpaired) electrons. The van der Waals surface area contributed by atoms with Crippen LogP contribution in [-0.4, -0.2) is 333 Å². The highest BCUT2D eigenvalue weighted by molar-refractivity contribution is 5.90. The molecule has 1 saturated carbocycles. The summed E-state index contributed by atoms with van der Waals surface area (Å²) in [6, 6.07) is -6.36. The highest BCUT2D eigenvalue weighted by atomic mass is 16.7. The Balaban J connectivity index is 1.33. The lowest BCUT2D eigenvalue weighted by Crippen LogP contribution is -2.64. The van der Waals surface area contributed by atoms with Crippen molar-refractivity contribution in [1.29, 1.82) is 0 Å². The largest absolute Gasteiger partial charge is 0.394 e. The molecule has 588 valence electrons. The van der Waals surface area contributed by atoms with Crippen LogP contribution in [0.15, 0.2) is 0 Å². The molecule has 3 saturated heterocycles. The van der Waals surface area contributed by atoms with E-state index in [1.807, 2.05) is 0 Å². The second-order valence-corrected chi connectivity index (χ2v) is 25.4. The molecule has 38 heteroatoms. The van der Waals surface area contributed by atoms with E-state index in [1.165, 1.54) is 20.8 Å². The summed E-state index contributed by atoms with van der Waals surface area (Å²) >= 11 is 0. The summed E-state index contributed by atoms with van der Waals surface area (Å²) in [5.41, 5.74) is 0. The maximum atomic E-state index is 13.8. The lowest BCUT2D eigenvalue weighted by molar-refractivity contribution is -0.272. The molecule has 0 aromatic carbocycles. The minimum Gasteiger partial charge on any atom is -0.394 e. The minimum atomic E-state index is -1.54. The summed E-state index contributed by atoms with van der Waals surface area (Å²) in [6.07, 6.45) is -10.8. The van der Waals surface area contributed by atoms with Gasteiger partial charge in [-0.1, -0.05) is 38.5 Å². The number of aliphatic hydroxyl groups excluding tert-OH is 10. The fourth-order valence-corrected chi connectivity index (χ4v) is 11.8. The average Bonchev–Trinajstić information content (AvgIpc) is 1.03. The van der Waals surface area contributed by atoms with Gasteiger partial charge in [0.05, 0.1) is 97.5 Å². The predicted octanol–water partition coefficient (Wildman–Crippen LogP) is -7.65. The molecule has 19 N–H and O–H groups in total. The lowest BCUT2D eigenvalue weighted by Gasteiger charge is -2.42. The Morgan fingerprint density at radius 1 is 0.402 bits per heavy atom. The van der Waals surface area contributed by atoms with E-state index in [9.17, 15) is 94.2 Å². The van der Waals surface area contributed by atoms with E-state index in [2.05, 4.69) is 47.9 Å². The fraction of sp³-hybridized carbons (Fsp3) is 0.859. The number of carbonyl (C=O) groups excluding carboxylic acids is 9. The van der Waals surface area contributed by atoms with Gasteiger partial charge in [-0.25, -0.2) is 0 Å². The van der Waals surface area contributed by atoms with Gasteiger partial charge in [0, 0.05) is 79.6 Å². The van der Waals surface area contributed by atoms with Gasteiger partial charge in [-0.05, 0) is 32.1 Å². The Kier molecular flexibility index (Phi) is 42.9. The second-order valence-electron chi connectivity index (χ2n) is 25.4. The second kappa shape index (κ2) is 49.3. The zero-order valence-electron chi connectivity index (χ0n) is 58.7. The summed E-state index contributed by atoms with van der Waals surface area (Å²) in [7, 11) is 1.56. The normalized spacial score (nSPS) is 28.4. The molecule has 0 aromatic heterocycles. The quantitative estimate of drug-likeness (QED) is 0.0252. The molecule has 4 rings (SSSR count). The van der Waals surface area contributed by atoms with E-state index in [0.717, 1.165) is 32.1 Å². The van der Waals surface area contributed by atoms with Crippen LogP contribution in [0.4, 0.5) is 0 Å². The number of nitrogens with one attached hydrogen (secondary N) is 9. The first-order valence-corrected chi connectivity index (χ1v) is 35.0. The number of hydrogen-bond donors (Lipinski definition) is 19. The first-order valence-electron chi connectivity index (χ1n) is 35.0. The van der Waals surface area contributed by atoms with Crippen molar-refractivity contribution in [3.05, 3.63) is 0 Å². The van der Waals surface area contributed by atoms with Crippen molar-refractivity contribution in [3.8, 4) is 0 Å². The molecule has 4 fully saturated rings. The van der Waals surface area contributed by atoms with Crippen molar-refractivity contribution >= 4 is 53.2 Å². The van der Waals surface area contributed by atoms with Crippen molar-refractivity contribution in [2.24, 2.45) is 0 Å².